The number of hydrogen-bond donors (Lipinski definition) is 2. The fourth-order valence-corrected chi connectivity index (χ4v) is 3.62. The minimum Gasteiger partial charge on any atom is -0.435 e. The third-order valence-electron chi connectivity index (χ3n) is 4.97. The summed E-state index contributed by atoms with van der Waals surface area (Å²) in [4.78, 5) is 26.7. The van der Waals surface area contributed by atoms with Crippen LogP contribution in [0.1, 0.15) is 32.1 Å². The van der Waals surface area contributed by atoms with E-state index in [0.717, 1.165) is 19.3 Å². The molecular formula is C18H23F2N3O3. The normalized spacial score (nSPS) is 26.2. The van der Waals surface area contributed by atoms with Crippen molar-refractivity contribution in [2.24, 2.45) is 11.7 Å². The maximum Gasteiger partial charge on any atom is 0.387 e. The SMILES string of the molecule is NC1CCC(C(=O)NC2CCCN(c3ccc(OC(F)F)cc3)C2=O)C1. The van der Waals surface area contributed by atoms with E-state index in [1.54, 1.807) is 17.0 Å². The lowest BCUT2D eigenvalue weighted by atomic mass is 10.0. The van der Waals surface area contributed by atoms with Crippen LogP contribution in [0.2, 0.25) is 0 Å². The fourth-order valence-electron chi connectivity index (χ4n) is 3.62. The second-order valence-corrected chi connectivity index (χ2v) is 6.84. The van der Waals surface area contributed by atoms with Crippen LogP contribution in [0.15, 0.2) is 24.3 Å². The van der Waals surface area contributed by atoms with E-state index >= 15 is 0 Å². The molecule has 1 saturated carbocycles. The molecule has 3 N–H and O–H groups in total. The van der Waals surface area contributed by atoms with Gasteiger partial charge < -0.3 is 20.7 Å². The van der Waals surface area contributed by atoms with Crippen LogP contribution in [0.3, 0.4) is 0 Å². The fraction of sp³-hybridized carbons (Fsp3) is 0.556. The van der Waals surface area contributed by atoms with Gasteiger partial charge in [-0.25, -0.2) is 0 Å². The molecule has 0 radical (unpaired) electrons. The Hall–Kier alpha value is -2.22. The molecule has 1 heterocycles. The molecule has 0 bridgehead atoms. The summed E-state index contributed by atoms with van der Waals surface area (Å²) < 4.78 is 28.8. The lowest BCUT2D eigenvalue weighted by molar-refractivity contribution is -0.130. The van der Waals surface area contributed by atoms with Gasteiger partial charge in [0.2, 0.25) is 11.8 Å². The molecule has 3 atom stereocenters. The molecule has 6 nitrogen and oxygen atoms in total. The Kier molecular flexibility index (Phi) is 5.70. The number of carbonyl (C=O) groups is 2. The van der Waals surface area contributed by atoms with Crippen LogP contribution in [0, 0.1) is 5.92 Å². The van der Waals surface area contributed by atoms with Crippen molar-refractivity contribution >= 4 is 17.5 Å². The van der Waals surface area contributed by atoms with Crippen molar-refractivity contribution in [1.29, 1.82) is 0 Å². The highest BCUT2D eigenvalue weighted by molar-refractivity contribution is 6.00. The molecule has 1 aromatic rings. The average molecular weight is 367 g/mol. The number of ether oxygens (including phenoxy) is 1. The minimum atomic E-state index is -2.89. The lowest BCUT2D eigenvalue weighted by Gasteiger charge is -2.33. The number of nitrogens with two attached hydrogens (primary N) is 1. The van der Waals surface area contributed by atoms with Crippen LogP contribution in [0.25, 0.3) is 0 Å². The first-order valence-corrected chi connectivity index (χ1v) is 8.86. The summed E-state index contributed by atoms with van der Waals surface area (Å²) in [7, 11) is 0. The van der Waals surface area contributed by atoms with Crippen LogP contribution in [-0.4, -0.2) is 37.1 Å². The zero-order valence-electron chi connectivity index (χ0n) is 14.4. The molecule has 2 fully saturated rings. The van der Waals surface area contributed by atoms with Crippen molar-refractivity contribution in [3.8, 4) is 5.75 Å². The van der Waals surface area contributed by atoms with Gasteiger partial charge in [0, 0.05) is 24.2 Å². The maximum atomic E-state index is 12.7. The Balaban J connectivity index is 1.63. The highest BCUT2D eigenvalue weighted by Crippen LogP contribution is 2.27. The van der Waals surface area contributed by atoms with Crippen molar-refractivity contribution in [3.63, 3.8) is 0 Å². The highest BCUT2D eigenvalue weighted by atomic mass is 19.3. The first-order chi connectivity index (χ1) is 12.4. The third kappa shape index (κ3) is 4.30. The van der Waals surface area contributed by atoms with Gasteiger partial charge in [-0.1, -0.05) is 0 Å². The number of amides is 2. The van der Waals surface area contributed by atoms with Gasteiger partial charge in [0.05, 0.1) is 0 Å². The Morgan fingerprint density at radius 2 is 1.96 bits per heavy atom. The van der Waals surface area contributed by atoms with Crippen LogP contribution < -0.4 is 20.7 Å². The third-order valence-corrected chi connectivity index (χ3v) is 4.97. The lowest BCUT2D eigenvalue weighted by Crippen LogP contribution is -2.53. The predicted molar refractivity (Wildman–Crippen MR) is 91.9 cm³/mol. The standard InChI is InChI=1S/C18H23F2N3O3/c19-18(20)26-14-7-5-13(6-8-14)23-9-1-2-15(17(23)25)22-16(24)11-3-4-12(21)10-11/h5-8,11-12,15,18H,1-4,9-10,21H2,(H,22,24). The summed E-state index contributed by atoms with van der Waals surface area (Å²) in [6.07, 6.45) is 3.57. The molecule has 2 aliphatic rings. The maximum absolute atomic E-state index is 12.7. The number of anilines is 1. The summed E-state index contributed by atoms with van der Waals surface area (Å²) in [5.74, 6) is -0.386. The molecule has 3 rings (SSSR count). The zero-order chi connectivity index (χ0) is 18.7. The van der Waals surface area contributed by atoms with Crippen molar-refractivity contribution < 1.29 is 23.1 Å². The van der Waals surface area contributed by atoms with Gasteiger partial charge in [-0.05, 0) is 56.4 Å². The van der Waals surface area contributed by atoms with E-state index in [4.69, 9.17) is 5.73 Å². The van der Waals surface area contributed by atoms with E-state index in [1.807, 2.05) is 0 Å². The molecule has 1 aliphatic carbocycles. The largest absolute Gasteiger partial charge is 0.435 e. The number of hydrogen-bond acceptors (Lipinski definition) is 4. The number of rotatable bonds is 5. The Labute approximate surface area is 150 Å². The van der Waals surface area contributed by atoms with E-state index in [9.17, 15) is 18.4 Å². The molecule has 2 amide bonds. The molecule has 142 valence electrons. The van der Waals surface area contributed by atoms with Gasteiger partial charge in [-0.2, -0.15) is 8.78 Å². The van der Waals surface area contributed by atoms with E-state index < -0.39 is 12.7 Å². The molecule has 1 saturated heterocycles. The van der Waals surface area contributed by atoms with Gasteiger partial charge in [0.25, 0.3) is 0 Å². The predicted octanol–water partition coefficient (Wildman–Crippen LogP) is 2.03. The van der Waals surface area contributed by atoms with Gasteiger partial charge >= 0.3 is 6.61 Å². The first-order valence-electron chi connectivity index (χ1n) is 8.86. The molecule has 8 heteroatoms. The molecule has 1 aliphatic heterocycles. The van der Waals surface area contributed by atoms with Crippen LogP contribution in [-0.2, 0) is 9.59 Å². The number of alkyl halides is 2. The van der Waals surface area contributed by atoms with Gasteiger partial charge in [-0.15, -0.1) is 0 Å². The van der Waals surface area contributed by atoms with Gasteiger partial charge in [0.15, 0.2) is 0 Å². The Morgan fingerprint density at radius 3 is 2.58 bits per heavy atom. The molecule has 1 aromatic carbocycles. The minimum absolute atomic E-state index is 0.0376. The average Bonchev–Trinajstić information content (AvgIpc) is 3.04. The van der Waals surface area contributed by atoms with E-state index in [2.05, 4.69) is 10.1 Å². The molecule has 0 spiro atoms. The first kappa shape index (κ1) is 18.6. The summed E-state index contributed by atoms with van der Waals surface area (Å²) in [6, 6.07) is 5.42. The van der Waals surface area contributed by atoms with Crippen LogP contribution >= 0.6 is 0 Å². The number of benzene rings is 1. The molecule has 26 heavy (non-hydrogen) atoms. The van der Waals surface area contributed by atoms with Crippen molar-refractivity contribution in [2.75, 3.05) is 11.4 Å². The number of carbonyl (C=O) groups excluding carboxylic acids is 2. The van der Waals surface area contributed by atoms with Crippen molar-refractivity contribution in [1.82, 2.24) is 5.32 Å². The van der Waals surface area contributed by atoms with Crippen LogP contribution in [0.5, 0.6) is 5.75 Å². The number of nitrogens with one attached hydrogen (secondary N) is 1. The molecule has 3 unspecified atom stereocenters. The van der Waals surface area contributed by atoms with E-state index in [0.29, 0.717) is 25.1 Å². The zero-order valence-corrected chi connectivity index (χ0v) is 14.4. The van der Waals surface area contributed by atoms with Gasteiger partial charge in [-0.3, -0.25) is 9.59 Å². The van der Waals surface area contributed by atoms with E-state index in [-0.39, 0.29) is 29.5 Å². The molecule has 0 aromatic heterocycles. The topological polar surface area (TPSA) is 84.7 Å². The quantitative estimate of drug-likeness (QED) is 0.834. The Morgan fingerprint density at radius 1 is 1.23 bits per heavy atom. The molecular weight excluding hydrogens is 344 g/mol. The second kappa shape index (κ2) is 7.99. The Bertz CT molecular complexity index is 654. The second-order valence-electron chi connectivity index (χ2n) is 6.84. The number of halogens is 2. The summed E-state index contributed by atoms with van der Waals surface area (Å²) in [5, 5.41) is 2.86. The summed E-state index contributed by atoms with van der Waals surface area (Å²) >= 11 is 0. The smallest absolute Gasteiger partial charge is 0.387 e. The van der Waals surface area contributed by atoms with Crippen molar-refractivity contribution in [2.45, 2.75) is 50.8 Å². The van der Waals surface area contributed by atoms with Gasteiger partial charge in [0.1, 0.15) is 11.8 Å². The summed E-state index contributed by atoms with van der Waals surface area (Å²) in [5.41, 5.74) is 6.45. The highest BCUT2D eigenvalue weighted by Gasteiger charge is 2.34. The van der Waals surface area contributed by atoms with E-state index in [1.165, 1.54) is 12.1 Å². The van der Waals surface area contributed by atoms with Crippen LogP contribution in [0.4, 0.5) is 14.5 Å². The summed E-state index contributed by atoms with van der Waals surface area (Å²) in [6.45, 7) is -2.37. The van der Waals surface area contributed by atoms with Crippen molar-refractivity contribution in [3.05, 3.63) is 24.3 Å². The number of nitrogens with zero attached hydrogens (tertiary/aromatic N) is 1. The number of piperidine rings is 1. The monoisotopic (exact) mass is 367 g/mol.